The normalized spacial score (nSPS) is 22.0. The number of piperidine rings is 1. The van der Waals surface area contributed by atoms with Crippen LogP contribution in [0, 0.1) is 6.92 Å². The van der Waals surface area contributed by atoms with Gasteiger partial charge in [0, 0.05) is 25.8 Å². The molecule has 132 valence electrons. The summed E-state index contributed by atoms with van der Waals surface area (Å²) in [6.07, 6.45) is -1.31. The Morgan fingerprint density at radius 3 is 2.62 bits per heavy atom. The van der Waals surface area contributed by atoms with Gasteiger partial charge in [0.15, 0.2) is 0 Å². The van der Waals surface area contributed by atoms with E-state index in [1.807, 2.05) is 18.0 Å². The van der Waals surface area contributed by atoms with E-state index in [1.165, 1.54) is 5.56 Å². The number of halogens is 3. The van der Waals surface area contributed by atoms with Gasteiger partial charge in [-0.2, -0.15) is 13.2 Å². The van der Waals surface area contributed by atoms with Crippen molar-refractivity contribution in [1.82, 2.24) is 4.90 Å². The summed E-state index contributed by atoms with van der Waals surface area (Å²) in [5, 5.41) is 0. The minimum atomic E-state index is -4.08. The number of rotatable bonds is 4. The SMILES string of the molecule is Cc1cc2c(cc1OC1CCN(CCC(F)(F)F)CC1)C(C)N=C2. The third-order valence-electron chi connectivity index (χ3n) is 4.81. The maximum absolute atomic E-state index is 12.3. The highest BCUT2D eigenvalue weighted by atomic mass is 19.4. The molecule has 3 nitrogen and oxygen atoms in total. The first-order chi connectivity index (χ1) is 11.3. The number of alkyl halides is 3. The van der Waals surface area contributed by atoms with Crippen molar-refractivity contribution >= 4 is 6.21 Å². The van der Waals surface area contributed by atoms with Crippen molar-refractivity contribution < 1.29 is 17.9 Å². The molecule has 3 rings (SSSR count). The highest BCUT2D eigenvalue weighted by molar-refractivity contribution is 5.86. The second kappa shape index (κ2) is 6.75. The van der Waals surface area contributed by atoms with Gasteiger partial charge >= 0.3 is 6.18 Å². The predicted octanol–water partition coefficient (Wildman–Crippen LogP) is 4.28. The summed E-state index contributed by atoms with van der Waals surface area (Å²) in [5.41, 5.74) is 3.40. The maximum atomic E-state index is 12.3. The Labute approximate surface area is 140 Å². The summed E-state index contributed by atoms with van der Waals surface area (Å²) < 4.78 is 43.0. The molecule has 0 N–H and O–H groups in total. The van der Waals surface area contributed by atoms with Crippen LogP contribution in [0.5, 0.6) is 5.75 Å². The number of hydrogen-bond acceptors (Lipinski definition) is 3. The highest BCUT2D eigenvalue weighted by Crippen LogP contribution is 2.33. The first-order valence-electron chi connectivity index (χ1n) is 8.45. The van der Waals surface area contributed by atoms with E-state index in [4.69, 9.17) is 4.74 Å². The first kappa shape index (κ1) is 17.3. The number of benzene rings is 1. The Morgan fingerprint density at radius 1 is 1.25 bits per heavy atom. The zero-order chi connectivity index (χ0) is 17.3. The molecule has 6 heteroatoms. The van der Waals surface area contributed by atoms with Crippen LogP contribution in [0.25, 0.3) is 0 Å². The Kier molecular flexibility index (Phi) is 4.85. The molecule has 1 aromatic carbocycles. The molecule has 0 amide bonds. The standard InChI is InChI=1S/C18H23F3N2O/c1-12-9-14-11-22-13(2)16(14)10-17(12)24-15-3-6-23(7-4-15)8-5-18(19,20)21/h9-11,13,15H,3-8H2,1-2H3. The van der Waals surface area contributed by atoms with Gasteiger partial charge in [-0.25, -0.2) is 0 Å². The van der Waals surface area contributed by atoms with E-state index in [0.717, 1.165) is 29.7 Å². The van der Waals surface area contributed by atoms with E-state index in [9.17, 15) is 13.2 Å². The lowest BCUT2D eigenvalue weighted by Gasteiger charge is -2.32. The number of hydrogen-bond donors (Lipinski definition) is 0. The molecule has 2 heterocycles. The second-order valence-corrected chi connectivity index (χ2v) is 6.72. The summed E-state index contributed by atoms with van der Waals surface area (Å²) in [7, 11) is 0. The van der Waals surface area contributed by atoms with Crippen molar-refractivity contribution in [2.75, 3.05) is 19.6 Å². The number of aliphatic imine (C=N–C) groups is 1. The van der Waals surface area contributed by atoms with E-state index >= 15 is 0 Å². The van der Waals surface area contributed by atoms with Gasteiger partial charge in [-0.05, 0) is 55.5 Å². The molecule has 1 aromatic rings. The van der Waals surface area contributed by atoms with Gasteiger partial charge in [0.2, 0.25) is 0 Å². The maximum Gasteiger partial charge on any atom is 0.390 e. The monoisotopic (exact) mass is 340 g/mol. The lowest BCUT2D eigenvalue weighted by Crippen LogP contribution is -2.39. The summed E-state index contributed by atoms with van der Waals surface area (Å²) in [5.74, 6) is 0.875. The fourth-order valence-electron chi connectivity index (χ4n) is 3.31. The second-order valence-electron chi connectivity index (χ2n) is 6.72. The van der Waals surface area contributed by atoms with Crippen molar-refractivity contribution in [3.05, 3.63) is 28.8 Å². The molecule has 24 heavy (non-hydrogen) atoms. The summed E-state index contributed by atoms with van der Waals surface area (Å²) in [4.78, 5) is 6.28. The average molecular weight is 340 g/mol. The molecular formula is C18H23F3N2O. The van der Waals surface area contributed by atoms with Crippen molar-refractivity contribution in [1.29, 1.82) is 0 Å². The lowest BCUT2D eigenvalue weighted by molar-refractivity contribution is -0.138. The topological polar surface area (TPSA) is 24.8 Å². The van der Waals surface area contributed by atoms with Gasteiger partial charge in [0.25, 0.3) is 0 Å². The van der Waals surface area contributed by atoms with Gasteiger partial charge < -0.3 is 9.64 Å². The van der Waals surface area contributed by atoms with Crippen LogP contribution in [0.2, 0.25) is 0 Å². The molecule has 1 fully saturated rings. The van der Waals surface area contributed by atoms with Gasteiger partial charge in [-0.1, -0.05) is 0 Å². The van der Waals surface area contributed by atoms with E-state index < -0.39 is 12.6 Å². The summed E-state index contributed by atoms with van der Waals surface area (Å²) >= 11 is 0. The van der Waals surface area contributed by atoms with E-state index in [1.54, 1.807) is 0 Å². The molecule has 1 unspecified atom stereocenters. The van der Waals surface area contributed by atoms with Crippen LogP contribution in [-0.4, -0.2) is 43.0 Å². The molecule has 1 saturated heterocycles. The zero-order valence-corrected chi connectivity index (χ0v) is 14.1. The number of likely N-dealkylation sites (tertiary alicyclic amines) is 1. The number of aryl methyl sites for hydroxylation is 1. The highest BCUT2D eigenvalue weighted by Gasteiger charge is 2.29. The van der Waals surface area contributed by atoms with Crippen LogP contribution < -0.4 is 4.74 Å². The van der Waals surface area contributed by atoms with Crippen molar-refractivity contribution in [2.24, 2.45) is 4.99 Å². The number of ether oxygens (including phenoxy) is 1. The Balaban J connectivity index is 1.55. The molecule has 0 spiro atoms. The largest absolute Gasteiger partial charge is 0.490 e. The van der Waals surface area contributed by atoms with Crippen LogP contribution in [0.1, 0.15) is 48.9 Å². The van der Waals surface area contributed by atoms with Crippen molar-refractivity contribution in [2.45, 2.75) is 51.4 Å². The molecule has 0 radical (unpaired) electrons. The molecule has 0 aliphatic carbocycles. The predicted molar refractivity (Wildman–Crippen MR) is 88.0 cm³/mol. The average Bonchev–Trinajstić information content (AvgIpc) is 2.87. The fourth-order valence-corrected chi connectivity index (χ4v) is 3.31. The Hall–Kier alpha value is -1.56. The minimum Gasteiger partial charge on any atom is -0.490 e. The van der Waals surface area contributed by atoms with E-state index in [0.29, 0.717) is 13.1 Å². The van der Waals surface area contributed by atoms with Gasteiger partial charge in [0.1, 0.15) is 11.9 Å². The number of nitrogens with zero attached hydrogens (tertiary/aromatic N) is 2. The fraction of sp³-hybridized carbons (Fsp3) is 0.611. The quantitative estimate of drug-likeness (QED) is 0.817. The van der Waals surface area contributed by atoms with Crippen LogP contribution in [0.15, 0.2) is 17.1 Å². The molecule has 0 saturated carbocycles. The van der Waals surface area contributed by atoms with E-state index in [-0.39, 0.29) is 18.7 Å². The molecule has 0 bridgehead atoms. The Bertz CT molecular complexity index is 619. The molecule has 2 aliphatic heterocycles. The molecule has 2 aliphatic rings. The van der Waals surface area contributed by atoms with Crippen LogP contribution in [0.4, 0.5) is 13.2 Å². The third kappa shape index (κ3) is 4.09. The van der Waals surface area contributed by atoms with Gasteiger partial charge in [0.05, 0.1) is 12.5 Å². The molecular weight excluding hydrogens is 317 g/mol. The smallest absolute Gasteiger partial charge is 0.390 e. The minimum absolute atomic E-state index is 0.0708. The van der Waals surface area contributed by atoms with Crippen LogP contribution in [-0.2, 0) is 0 Å². The molecule has 0 aromatic heterocycles. The zero-order valence-electron chi connectivity index (χ0n) is 14.1. The summed E-state index contributed by atoms with van der Waals surface area (Å²) in [6.45, 7) is 5.48. The van der Waals surface area contributed by atoms with Crippen molar-refractivity contribution in [3.8, 4) is 5.75 Å². The van der Waals surface area contributed by atoms with Gasteiger partial charge in [-0.15, -0.1) is 0 Å². The number of fused-ring (bicyclic) bond motifs is 1. The van der Waals surface area contributed by atoms with Crippen LogP contribution in [0.3, 0.4) is 0 Å². The van der Waals surface area contributed by atoms with E-state index in [2.05, 4.69) is 24.0 Å². The lowest BCUT2D eigenvalue weighted by atomic mass is 10.0. The van der Waals surface area contributed by atoms with Crippen molar-refractivity contribution in [3.63, 3.8) is 0 Å². The third-order valence-corrected chi connectivity index (χ3v) is 4.81. The first-order valence-corrected chi connectivity index (χ1v) is 8.45. The molecule has 1 atom stereocenters. The summed E-state index contributed by atoms with van der Waals surface area (Å²) in [6, 6.07) is 4.32. The Morgan fingerprint density at radius 2 is 1.96 bits per heavy atom. The van der Waals surface area contributed by atoms with Gasteiger partial charge in [-0.3, -0.25) is 4.99 Å². The van der Waals surface area contributed by atoms with Crippen LogP contribution >= 0.6 is 0 Å².